The Hall–Kier alpha value is -2.23. The summed E-state index contributed by atoms with van der Waals surface area (Å²) >= 11 is 0. The number of benzene rings is 2. The Morgan fingerprint density at radius 2 is 1.71 bits per heavy atom. The van der Waals surface area contributed by atoms with Crippen LogP contribution in [0.4, 0.5) is 14.5 Å². The Morgan fingerprint density at radius 1 is 1.05 bits per heavy atom. The number of rotatable bonds is 6. The van der Waals surface area contributed by atoms with Crippen molar-refractivity contribution in [3.05, 3.63) is 65.7 Å². The summed E-state index contributed by atoms with van der Waals surface area (Å²) in [4.78, 5) is 14.0. The summed E-state index contributed by atoms with van der Waals surface area (Å²) in [6, 6.07) is 11.9. The molecule has 2 nitrogen and oxygen atoms in total. The first-order chi connectivity index (χ1) is 10.1. The van der Waals surface area contributed by atoms with Crippen molar-refractivity contribution in [2.45, 2.75) is 13.3 Å². The lowest BCUT2D eigenvalue weighted by Gasteiger charge is -2.22. The molecule has 2 aromatic rings. The van der Waals surface area contributed by atoms with Crippen LogP contribution in [0.2, 0.25) is 0 Å². The van der Waals surface area contributed by atoms with E-state index in [0.717, 1.165) is 5.69 Å². The minimum atomic E-state index is -0.418. The van der Waals surface area contributed by atoms with Crippen LogP contribution in [0.5, 0.6) is 0 Å². The van der Waals surface area contributed by atoms with Crippen LogP contribution in [-0.2, 0) is 0 Å². The van der Waals surface area contributed by atoms with Crippen LogP contribution in [0.1, 0.15) is 23.7 Å². The highest BCUT2D eigenvalue weighted by atomic mass is 19.1. The first-order valence-electron chi connectivity index (χ1n) is 6.89. The standard InChI is InChI=1S/C17H17F2NO/c1-2-20(16-8-4-7-15(19)12-16)10-9-17(21)13-5-3-6-14(18)11-13/h3-8,11-12H,2,9-10H2,1H3. The van der Waals surface area contributed by atoms with Crippen LogP contribution < -0.4 is 4.90 Å². The number of hydrogen-bond donors (Lipinski definition) is 0. The van der Waals surface area contributed by atoms with Crippen molar-refractivity contribution in [3.8, 4) is 0 Å². The van der Waals surface area contributed by atoms with Gasteiger partial charge in [0.05, 0.1) is 0 Å². The SMILES string of the molecule is CCN(CCC(=O)c1cccc(F)c1)c1cccc(F)c1. The Kier molecular flexibility index (Phi) is 5.04. The predicted molar refractivity (Wildman–Crippen MR) is 79.6 cm³/mol. The van der Waals surface area contributed by atoms with Crippen LogP contribution in [-0.4, -0.2) is 18.9 Å². The van der Waals surface area contributed by atoms with Gasteiger partial charge in [0, 0.05) is 30.8 Å². The van der Waals surface area contributed by atoms with E-state index in [-0.39, 0.29) is 18.0 Å². The summed E-state index contributed by atoms with van der Waals surface area (Å²) in [5.41, 5.74) is 1.11. The molecule has 2 rings (SSSR count). The van der Waals surface area contributed by atoms with Gasteiger partial charge in [0.15, 0.2) is 5.78 Å². The minimum Gasteiger partial charge on any atom is -0.371 e. The number of halogens is 2. The van der Waals surface area contributed by atoms with Crippen LogP contribution in [0, 0.1) is 11.6 Å². The van der Waals surface area contributed by atoms with Crippen LogP contribution in [0.3, 0.4) is 0 Å². The molecule has 21 heavy (non-hydrogen) atoms. The molecule has 0 heterocycles. The molecule has 110 valence electrons. The van der Waals surface area contributed by atoms with Crippen molar-refractivity contribution in [3.63, 3.8) is 0 Å². The molecule has 0 aliphatic heterocycles. The monoisotopic (exact) mass is 289 g/mol. The van der Waals surface area contributed by atoms with E-state index >= 15 is 0 Å². The van der Waals surface area contributed by atoms with Crippen molar-refractivity contribution in [2.24, 2.45) is 0 Å². The van der Waals surface area contributed by atoms with E-state index in [1.807, 2.05) is 11.8 Å². The molecule has 0 atom stereocenters. The lowest BCUT2D eigenvalue weighted by atomic mass is 10.1. The number of carbonyl (C=O) groups excluding carboxylic acids is 1. The predicted octanol–water partition coefficient (Wildman–Crippen LogP) is 4.06. The topological polar surface area (TPSA) is 20.3 Å². The van der Waals surface area contributed by atoms with E-state index in [4.69, 9.17) is 0 Å². The molecule has 0 unspecified atom stereocenters. The molecule has 0 bridgehead atoms. The van der Waals surface area contributed by atoms with Gasteiger partial charge in [-0.25, -0.2) is 8.78 Å². The van der Waals surface area contributed by atoms with Gasteiger partial charge in [0.1, 0.15) is 11.6 Å². The Labute approximate surface area is 123 Å². The largest absolute Gasteiger partial charge is 0.371 e. The number of nitrogens with zero attached hydrogens (tertiary/aromatic N) is 1. The fourth-order valence-electron chi connectivity index (χ4n) is 2.19. The van der Waals surface area contributed by atoms with E-state index in [1.54, 1.807) is 18.2 Å². The molecule has 0 N–H and O–H groups in total. The fraction of sp³-hybridized carbons (Fsp3) is 0.235. The zero-order chi connectivity index (χ0) is 15.2. The second kappa shape index (κ2) is 6.97. The quantitative estimate of drug-likeness (QED) is 0.747. The number of Topliss-reactive ketones (excluding diaryl/α,β-unsaturated/α-hetero) is 1. The van der Waals surface area contributed by atoms with E-state index in [2.05, 4.69) is 0 Å². The van der Waals surface area contributed by atoms with Gasteiger partial charge >= 0.3 is 0 Å². The van der Waals surface area contributed by atoms with E-state index in [9.17, 15) is 13.6 Å². The van der Waals surface area contributed by atoms with Crippen LogP contribution in [0.15, 0.2) is 48.5 Å². The number of hydrogen-bond acceptors (Lipinski definition) is 2. The molecule has 0 amide bonds. The summed E-state index contributed by atoms with van der Waals surface area (Å²) in [6.07, 6.45) is 0.258. The van der Waals surface area contributed by atoms with E-state index in [0.29, 0.717) is 18.7 Å². The van der Waals surface area contributed by atoms with E-state index in [1.165, 1.54) is 30.3 Å². The molecule has 0 saturated heterocycles. The number of anilines is 1. The molecule has 0 aliphatic rings. The zero-order valence-electron chi connectivity index (χ0n) is 11.9. The smallest absolute Gasteiger partial charge is 0.164 e. The maximum absolute atomic E-state index is 13.2. The second-order valence-corrected chi connectivity index (χ2v) is 4.74. The van der Waals surface area contributed by atoms with Gasteiger partial charge in [-0.3, -0.25) is 4.79 Å². The summed E-state index contributed by atoms with van der Waals surface area (Å²) in [5, 5.41) is 0. The van der Waals surface area contributed by atoms with Crippen molar-refractivity contribution in [1.29, 1.82) is 0 Å². The Bertz CT molecular complexity index is 628. The molecule has 0 aromatic heterocycles. The highest BCUT2D eigenvalue weighted by Crippen LogP contribution is 2.16. The van der Waals surface area contributed by atoms with Gasteiger partial charge < -0.3 is 4.90 Å². The highest BCUT2D eigenvalue weighted by Gasteiger charge is 2.10. The van der Waals surface area contributed by atoms with Gasteiger partial charge in [0.25, 0.3) is 0 Å². The lowest BCUT2D eigenvalue weighted by molar-refractivity contribution is 0.0984. The first kappa shape index (κ1) is 15.2. The Morgan fingerprint density at radius 3 is 2.33 bits per heavy atom. The third kappa shape index (κ3) is 4.12. The van der Waals surface area contributed by atoms with Gasteiger partial charge in [-0.1, -0.05) is 18.2 Å². The van der Waals surface area contributed by atoms with Gasteiger partial charge in [0.2, 0.25) is 0 Å². The van der Waals surface area contributed by atoms with E-state index < -0.39 is 5.82 Å². The Balaban J connectivity index is 2.02. The summed E-state index contributed by atoms with van der Waals surface area (Å²) < 4.78 is 26.3. The fourth-order valence-corrected chi connectivity index (χ4v) is 2.19. The van der Waals surface area contributed by atoms with Crippen molar-refractivity contribution in [2.75, 3.05) is 18.0 Å². The molecule has 0 radical (unpaired) electrons. The average molecular weight is 289 g/mol. The van der Waals surface area contributed by atoms with Gasteiger partial charge in [-0.15, -0.1) is 0 Å². The molecule has 0 saturated carbocycles. The molecule has 2 aromatic carbocycles. The van der Waals surface area contributed by atoms with Crippen LogP contribution in [0.25, 0.3) is 0 Å². The summed E-state index contributed by atoms with van der Waals surface area (Å²) in [5.74, 6) is -0.843. The second-order valence-electron chi connectivity index (χ2n) is 4.74. The molecule has 4 heteroatoms. The maximum atomic E-state index is 13.2. The zero-order valence-corrected chi connectivity index (χ0v) is 11.9. The van der Waals surface area contributed by atoms with Gasteiger partial charge in [-0.2, -0.15) is 0 Å². The first-order valence-corrected chi connectivity index (χ1v) is 6.89. The number of ketones is 1. The van der Waals surface area contributed by atoms with Crippen molar-refractivity contribution in [1.82, 2.24) is 0 Å². The minimum absolute atomic E-state index is 0.121. The van der Waals surface area contributed by atoms with Gasteiger partial charge in [-0.05, 0) is 37.3 Å². The third-order valence-electron chi connectivity index (χ3n) is 3.31. The molecular formula is C17H17F2NO. The highest BCUT2D eigenvalue weighted by molar-refractivity contribution is 5.96. The summed E-state index contributed by atoms with van der Waals surface area (Å²) in [7, 11) is 0. The molecule has 0 fully saturated rings. The summed E-state index contributed by atoms with van der Waals surface area (Å²) in [6.45, 7) is 3.08. The van der Waals surface area contributed by atoms with Crippen LogP contribution >= 0.6 is 0 Å². The van der Waals surface area contributed by atoms with Crippen molar-refractivity contribution < 1.29 is 13.6 Å². The molecule has 0 aliphatic carbocycles. The third-order valence-corrected chi connectivity index (χ3v) is 3.31. The normalized spacial score (nSPS) is 10.4. The average Bonchev–Trinajstić information content (AvgIpc) is 2.48. The molecular weight excluding hydrogens is 272 g/mol. The lowest BCUT2D eigenvalue weighted by Crippen LogP contribution is -2.25. The number of carbonyl (C=O) groups is 1. The molecule has 0 spiro atoms. The maximum Gasteiger partial charge on any atom is 0.164 e. The van der Waals surface area contributed by atoms with Crippen molar-refractivity contribution >= 4 is 11.5 Å².